The van der Waals surface area contributed by atoms with Crippen LogP contribution in [0.2, 0.25) is 0 Å². The predicted octanol–water partition coefficient (Wildman–Crippen LogP) is 2.80. The molecule has 0 aromatic heterocycles. The van der Waals surface area contributed by atoms with Gasteiger partial charge in [0.25, 0.3) is 5.91 Å². The fraction of sp³-hybridized carbons (Fsp3) is 0.200. The van der Waals surface area contributed by atoms with E-state index in [9.17, 15) is 14.4 Å². The molecule has 0 saturated carbocycles. The van der Waals surface area contributed by atoms with Crippen molar-refractivity contribution in [2.45, 2.75) is 12.5 Å². The number of halogens is 1. The number of carbonyl (C=O) groups excluding carboxylic acids is 3. The van der Waals surface area contributed by atoms with E-state index in [4.69, 9.17) is 17.0 Å². The number of ether oxygens (including phenoxy) is 1. The van der Waals surface area contributed by atoms with Gasteiger partial charge >= 0.3 is 5.97 Å². The molecule has 1 aliphatic heterocycles. The minimum atomic E-state index is -0.898. The number of thiocarbonyl (C=S) groups is 1. The second kappa shape index (κ2) is 9.31. The number of hydrogen-bond acceptors (Lipinski definition) is 5. The van der Waals surface area contributed by atoms with Crippen molar-refractivity contribution in [1.82, 2.24) is 4.90 Å². The number of nitrogens with zero attached hydrogens (tertiary/aromatic N) is 2. The molecule has 29 heavy (non-hydrogen) atoms. The number of amides is 2. The van der Waals surface area contributed by atoms with Gasteiger partial charge in [-0.1, -0.05) is 18.2 Å². The molecule has 150 valence electrons. The van der Waals surface area contributed by atoms with E-state index in [1.54, 1.807) is 36.4 Å². The third kappa shape index (κ3) is 4.91. The number of methoxy groups -OCH3 is 1. The largest absolute Gasteiger partial charge is 0.468 e. The first-order chi connectivity index (χ1) is 13.9. The molecule has 1 saturated heterocycles. The zero-order valence-corrected chi connectivity index (χ0v) is 18.5. The van der Waals surface area contributed by atoms with Gasteiger partial charge in [-0.15, -0.1) is 0 Å². The Hall–Kier alpha value is -2.53. The molecule has 0 spiro atoms. The topological polar surface area (TPSA) is 79.0 Å². The lowest BCUT2D eigenvalue weighted by molar-refractivity contribution is -0.141. The number of esters is 1. The van der Waals surface area contributed by atoms with Crippen LogP contribution in [-0.2, 0) is 19.1 Å². The SMILES string of the molecule is COC(=O)CN1C(=S)N(c2ccccc2)C(=O)[C@@H]1CC(=O)Nc1ccc(I)cc1. The minimum Gasteiger partial charge on any atom is -0.468 e. The number of hydrogen-bond donors (Lipinski definition) is 1. The number of rotatable bonds is 6. The molecule has 3 rings (SSSR count). The van der Waals surface area contributed by atoms with Gasteiger partial charge in [-0.05, 0) is 71.2 Å². The Kier molecular flexibility index (Phi) is 6.80. The Morgan fingerprint density at radius 3 is 2.41 bits per heavy atom. The van der Waals surface area contributed by atoms with E-state index in [1.807, 2.05) is 18.2 Å². The van der Waals surface area contributed by atoms with Gasteiger partial charge in [0.15, 0.2) is 5.11 Å². The summed E-state index contributed by atoms with van der Waals surface area (Å²) in [5.74, 6) is -1.25. The van der Waals surface area contributed by atoms with Crippen molar-refractivity contribution in [2.75, 3.05) is 23.9 Å². The van der Waals surface area contributed by atoms with Gasteiger partial charge in [0.05, 0.1) is 19.2 Å². The minimum absolute atomic E-state index is 0.148. The second-order valence-corrected chi connectivity index (χ2v) is 7.88. The van der Waals surface area contributed by atoms with E-state index >= 15 is 0 Å². The molecule has 1 N–H and O–H groups in total. The molecule has 1 heterocycles. The average Bonchev–Trinajstić information content (AvgIpc) is 2.94. The highest BCUT2D eigenvalue weighted by atomic mass is 127. The molecule has 0 unspecified atom stereocenters. The van der Waals surface area contributed by atoms with Crippen LogP contribution in [-0.4, -0.2) is 47.5 Å². The van der Waals surface area contributed by atoms with Crippen LogP contribution in [0, 0.1) is 3.57 Å². The van der Waals surface area contributed by atoms with Crippen LogP contribution >= 0.6 is 34.8 Å². The third-order valence-electron chi connectivity index (χ3n) is 4.37. The van der Waals surface area contributed by atoms with Crippen LogP contribution in [0.3, 0.4) is 0 Å². The van der Waals surface area contributed by atoms with Gasteiger partial charge in [-0.25, -0.2) is 0 Å². The van der Waals surface area contributed by atoms with Gasteiger partial charge < -0.3 is 15.0 Å². The summed E-state index contributed by atoms with van der Waals surface area (Å²) in [6.07, 6.45) is -0.148. The highest BCUT2D eigenvalue weighted by Gasteiger charge is 2.44. The van der Waals surface area contributed by atoms with Crippen molar-refractivity contribution in [3.05, 3.63) is 58.2 Å². The Balaban J connectivity index is 1.81. The lowest BCUT2D eigenvalue weighted by Gasteiger charge is -2.22. The highest BCUT2D eigenvalue weighted by molar-refractivity contribution is 14.1. The van der Waals surface area contributed by atoms with Crippen LogP contribution < -0.4 is 10.2 Å². The van der Waals surface area contributed by atoms with Crippen LogP contribution in [0.1, 0.15) is 6.42 Å². The fourth-order valence-corrected chi connectivity index (χ4v) is 3.70. The third-order valence-corrected chi connectivity index (χ3v) is 5.50. The van der Waals surface area contributed by atoms with Crippen LogP contribution in [0.25, 0.3) is 0 Å². The van der Waals surface area contributed by atoms with Crippen LogP contribution in [0.15, 0.2) is 54.6 Å². The molecule has 1 aliphatic rings. The maximum Gasteiger partial charge on any atom is 0.325 e. The molecule has 7 nitrogen and oxygen atoms in total. The smallest absolute Gasteiger partial charge is 0.325 e. The van der Waals surface area contributed by atoms with Gasteiger partial charge in [-0.3, -0.25) is 19.3 Å². The summed E-state index contributed by atoms with van der Waals surface area (Å²) in [4.78, 5) is 40.3. The lowest BCUT2D eigenvalue weighted by Crippen LogP contribution is -2.41. The Bertz CT molecular complexity index is 937. The normalized spacial score (nSPS) is 16.1. The van der Waals surface area contributed by atoms with Crippen LogP contribution in [0.4, 0.5) is 11.4 Å². The summed E-state index contributed by atoms with van der Waals surface area (Å²) in [7, 11) is 1.26. The van der Waals surface area contributed by atoms with E-state index in [2.05, 4.69) is 27.9 Å². The molecule has 1 fully saturated rings. The quantitative estimate of drug-likeness (QED) is 0.357. The Morgan fingerprint density at radius 2 is 1.79 bits per heavy atom. The van der Waals surface area contributed by atoms with Crippen molar-refractivity contribution >= 4 is 69.1 Å². The van der Waals surface area contributed by atoms with E-state index in [1.165, 1.54) is 16.9 Å². The van der Waals surface area contributed by atoms with E-state index < -0.39 is 12.0 Å². The molecule has 0 bridgehead atoms. The van der Waals surface area contributed by atoms with Crippen LogP contribution in [0.5, 0.6) is 0 Å². The number of nitrogens with one attached hydrogen (secondary N) is 1. The number of benzene rings is 2. The maximum atomic E-state index is 13.1. The highest BCUT2D eigenvalue weighted by Crippen LogP contribution is 2.27. The summed E-state index contributed by atoms with van der Waals surface area (Å²) in [6.45, 7) is -0.216. The molecule has 0 aliphatic carbocycles. The number of carbonyl (C=O) groups is 3. The summed E-state index contributed by atoms with van der Waals surface area (Å²) >= 11 is 7.62. The first kappa shape index (κ1) is 21.2. The van der Waals surface area contributed by atoms with Crippen molar-refractivity contribution in [3.63, 3.8) is 0 Å². The monoisotopic (exact) mass is 523 g/mol. The van der Waals surface area contributed by atoms with Crippen molar-refractivity contribution < 1.29 is 19.1 Å². The standard InChI is InChI=1S/C20H18IN3O4S/c1-28-18(26)12-23-16(11-17(25)22-14-9-7-13(21)8-10-14)19(27)24(20(23)29)15-5-3-2-4-6-15/h2-10,16H,11-12H2,1H3,(H,22,25)/t16-/m0/s1. The zero-order valence-electron chi connectivity index (χ0n) is 15.5. The summed E-state index contributed by atoms with van der Waals surface area (Å²) in [5.41, 5.74) is 1.21. The molecule has 2 aromatic carbocycles. The Labute approximate surface area is 187 Å². The summed E-state index contributed by atoms with van der Waals surface area (Å²) < 4.78 is 5.77. The lowest BCUT2D eigenvalue weighted by atomic mass is 10.1. The van der Waals surface area contributed by atoms with Crippen molar-refractivity contribution in [1.29, 1.82) is 0 Å². The summed E-state index contributed by atoms with van der Waals surface area (Å²) in [5, 5.41) is 2.94. The van der Waals surface area contributed by atoms with Crippen molar-refractivity contribution in [3.8, 4) is 0 Å². The van der Waals surface area contributed by atoms with Gasteiger partial charge in [-0.2, -0.15) is 0 Å². The van der Waals surface area contributed by atoms with E-state index in [0.29, 0.717) is 11.4 Å². The number of para-hydroxylation sites is 1. The molecule has 2 amide bonds. The second-order valence-electron chi connectivity index (χ2n) is 6.27. The molecule has 1 atom stereocenters. The van der Waals surface area contributed by atoms with Gasteiger partial charge in [0.1, 0.15) is 12.6 Å². The molecule has 2 aromatic rings. The molecular weight excluding hydrogens is 505 g/mol. The molecular formula is C20H18IN3O4S. The zero-order chi connectivity index (χ0) is 21.0. The molecule has 0 radical (unpaired) electrons. The average molecular weight is 523 g/mol. The fourth-order valence-electron chi connectivity index (χ4n) is 2.95. The maximum absolute atomic E-state index is 13.1. The Morgan fingerprint density at radius 1 is 1.14 bits per heavy atom. The number of anilines is 2. The van der Waals surface area contributed by atoms with Gasteiger partial charge in [0.2, 0.25) is 5.91 Å². The summed E-state index contributed by atoms with van der Waals surface area (Å²) in [6, 6.07) is 15.3. The molecule has 9 heteroatoms. The first-order valence-corrected chi connectivity index (χ1v) is 10.2. The van der Waals surface area contributed by atoms with E-state index in [-0.39, 0.29) is 29.9 Å². The van der Waals surface area contributed by atoms with E-state index in [0.717, 1.165) is 3.57 Å². The van der Waals surface area contributed by atoms with Gasteiger partial charge in [0, 0.05) is 9.26 Å². The predicted molar refractivity (Wildman–Crippen MR) is 121 cm³/mol. The first-order valence-electron chi connectivity index (χ1n) is 8.72. The van der Waals surface area contributed by atoms with Crippen molar-refractivity contribution in [2.24, 2.45) is 0 Å².